The van der Waals surface area contributed by atoms with E-state index < -0.39 is 0 Å². The predicted molar refractivity (Wildman–Crippen MR) is 312 cm³/mol. The Morgan fingerprint density at radius 3 is 1.01 bits per heavy atom. The van der Waals surface area contributed by atoms with Crippen LogP contribution in [0.25, 0.3) is 68.3 Å². The molecule has 8 aromatic heterocycles. The van der Waals surface area contributed by atoms with Gasteiger partial charge in [0.25, 0.3) is 0 Å². The van der Waals surface area contributed by atoms with Gasteiger partial charge >= 0.3 is 0 Å². The van der Waals surface area contributed by atoms with Gasteiger partial charge in [-0.05, 0) is 162 Å². The van der Waals surface area contributed by atoms with E-state index in [-0.39, 0.29) is 0 Å². The van der Waals surface area contributed by atoms with Crippen LogP contribution in [-0.2, 0) is 25.7 Å². The molecule has 0 fully saturated rings. The number of halogens is 1. The molecule has 0 saturated heterocycles. The fraction of sp³-hybridized carbons (Fsp3) is 0.421. The molecule has 0 aliphatic carbocycles. The summed E-state index contributed by atoms with van der Waals surface area (Å²) in [5, 5.41) is 0. The van der Waals surface area contributed by atoms with Gasteiger partial charge in [-0.25, -0.2) is 0 Å². The highest BCUT2D eigenvalue weighted by atomic mass is 79.9. The van der Waals surface area contributed by atoms with E-state index in [0.29, 0.717) is 0 Å². The second-order valence-corrected chi connectivity index (χ2v) is 27.8. The molecule has 0 N–H and O–H groups in total. The number of aldehydes is 1. The van der Waals surface area contributed by atoms with Crippen LogP contribution in [0.2, 0.25) is 0 Å². The van der Waals surface area contributed by atoms with Crippen LogP contribution in [0.5, 0.6) is 0 Å². The Hall–Kier alpha value is -2.25. The predicted octanol–water partition coefficient (Wildman–Crippen LogP) is 22.9. The fourth-order valence-electron chi connectivity index (χ4n) is 8.92. The topological polar surface area (TPSA) is 17.1 Å². The molecule has 0 aromatic carbocycles. The Morgan fingerprint density at radius 2 is 0.657 bits per heavy atom. The molecule has 0 atom stereocenters. The summed E-state index contributed by atoms with van der Waals surface area (Å²) in [6, 6.07) is 28.4. The molecule has 8 rings (SSSR count). The lowest BCUT2D eigenvalue weighted by atomic mass is 10.0. The van der Waals surface area contributed by atoms with Gasteiger partial charge in [0.15, 0.2) is 6.29 Å². The third kappa shape index (κ3) is 13.2. The lowest BCUT2D eigenvalue weighted by Gasteiger charge is -2.02. The minimum atomic E-state index is 0.840. The molecular formula is C57H65BrOS8. The van der Waals surface area contributed by atoms with Gasteiger partial charge < -0.3 is 0 Å². The van der Waals surface area contributed by atoms with Crippen LogP contribution in [0, 0.1) is 0 Å². The zero-order chi connectivity index (χ0) is 46.5. The molecule has 10 heteroatoms. The smallest absolute Gasteiger partial charge is 0.160 e. The minimum Gasteiger partial charge on any atom is -0.297 e. The van der Waals surface area contributed by atoms with Gasteiger partial charge in [0.05, 0.1) is 8.66 Å². The van der Waals surface area contributed by atoms with Gasteiger partial charge in [0.2, 0.25) is 0 Å². The zero-order valence-electron chi connectivity index (χ0n) is 39.7. The summed E-state index contributed by atoms with van der Waals surface area (Å²) in [5.41, 5.74) is 5.87. The van der Waals surface area contributed by atoms with Crippen LogP contribution < -0.4 is 0 Å². The van der Waals surface area contributed by atoms with Crippen LogP contribution in [-0.4, -0.2) is 6.29 Å². The van der Waals surface area contributed by atoms with Crippen molar-refractivity contribution in [3.63, 3.8) is 0 Å². The Kier molecular flexibility index (Phi) is 19.6. The first-order chi connectivity index (χ1) is 32.9. The summed E-state index contributed by atoms with van der Waals surface area (Å²) in [6.07, 6.45) is 25.8. The highest BCUT2D eigenvalue weighted by Crippen LogP contribution is 2.51. The van der Waals surface area contributed by atoms with Gasteiger partial charge in [0, 0.05) is 68.3 Å². The molecule has 8 heterocycles. The molecule has 0 saturated carbocycles. The largest absolute Gasteiger partial charge is 0.297 e. The van der Waals surface area contributed by atoms with Crippen molar-refractivity contribution in [1.29, 1.82) is 0 Å². The third-order valence-electron chi connectivity index (χ3n) is 12.6. The number of hydrogen-bond donors (Lipinski definition) is 0. The number of carbonyl (C=O) groups is 1. The van der Waals surface area contributed by atoms with Crippen LogP contribution in [0.4, 0.5) is 0 Å². The Balaban J connectivity index is 1.06. The van der Waals surface area contributed by atoms with Crippen LogP contribution in [0.3, 0.4) is 0 Å². The lowest BCUT2D eigenvalue weighted by molar-refractivity contribution is 0.112. The van der Waals surface area contributed by atoms with E-state index in [4.69, 9.17) is 0 Å². The number of carbonyl (C=O) groups excluding carboxylic acids is 1. The monoisotopic (exact) mass is 1100 g/mol. The summed E-state index contributed by atoms with van der Waals surface area (Å²) in [7, 11) is 0. The van der Waals surface area contributed by atoms with Crippen molar-refractivity contribution < 1.29 is 4.79 Å². The SMILES string of the molecule is CCCCCCc1cc(Br)sc1-c1ccc(-c2ccc(-c3sc(-c4cc(CCCCCC)c(-c5ccc(-c6ccc(-c7sc(C=O)cc7CCCCCC)s6)s5)s4)cc3CCCCCC)s2)s1. The number of unbranched alkanes of at least 4 members (excludes halogenated alkanes) is 12. The second-order valence-electron chi connectivity index (χ2n) is 17.9. The lowest BCUT2D eigenvalue weighted by Crippen LogP contribution is -1.85. The molecule has 0 aliphatic heterocycles. The van der Waals surface area contributed by atoms with Crippen LogP contribution in [0.1, 0.15) is 162 Å². The van der Waals surface area contributed by atoms with Gasteiger partial charge in [-0.3, -0.25) is 4.79 Å². The van der Waals surface area contributed by atoms with Crippen molar-refractivity contribution in [3.8, 4) is 68.3 Å². The summed E-state index contributed by atoms with van der Waals surface area (Å²) < 4.78 is 1.24. The molecule has 1 nitrogen and oxygen atoms in total. The van der Waals surface area contributed by atoms with Crippen molar-refractivity contribution in [2.45, 2.75) is 156 Å². The van der Waals surface area contributed by atoms with Crippen molar-refractivity contribution in [2.24, 2.45) is 0 Å². The van der Waals surface area contributed by atoms with Crippen molar-refractivity contribution in [2.75, 3.05) is 0 Å². The second kappa shape index (κ2) is 25.7. The van der Waals surface area contributed by atoms with Crippen molar-refractivity contribution in [1.82, 2.24) is 0 Å². The molecule has 0 radical (unpaired) electrons. The highest BCUT2D eigenvalue weighted by Gasteiger charge is 2.22. The number of rotatable bonds is 28. The van der Waals surface area contributed by atoms with Crippen molar-refractivity contribution in [3.05, 3.63) is 104 Å². The van der Waals surface area contributed by atoms with E-state index in [9.17, 15) is 4.79 Å². The molecule has 67 heavy (non-hydrogen) atoms. The number of thiophene rings is 8. The van der Waals surface area contributed by atoms with E-state index >= 15 is 0 Å². The molecular weight excluding hydrogens is 1040 g/mol. The fourth-order valence-corrected chi connectivity index (χ4v) is 18.9. The van der Waals surface area contributed by atoms with E-state index in [1.807, 2.05) is 79.4 Å². The first-order valence-electron chi connectivity index (χ1n) is 24.9. The van der Waals surface area contributed by atoms with Gasteiger partial charge in [-0.2, -0.15) is 0 Å². The Labute approximate surface area is 441 Å². The Bertz CT molecular complexity index is 2770. The summed E-state index contributed by atoms with van der Waals surface area (Å²) in [6.45, 7) is 9.18. The number of hydrogen-bond acceptors (Lipinski definition) is 9. The maximum Gasteiger partial charge on any atom is 0.160 e. The molecule has 0 aliphatic rings. The van der Waals surface area contributed by atoms with Crippen LogP contribution >= 0.6 is 107 Å². The van der Waals surface area contributed by atoms with Gasteiger partial charge in [0.1, 0.15) is 0 Å². The first-order valence-corrected chi connectivity index (χ1v) is 32.2. The van der Waals surface area contributed by atoms with Gasteiger partial charge in [-0.15, -0.1) is 90.7 Å². The standard InChI is InChI=1S/C57H65BrOS8/c1-5-9-13-17-21-38-33-42(37-59)60-54(38)47-29-25-43(61-47)44-26-30-48(62-44)55-39(22-18-14-10-6-2)34-51(65-55)52-35-40(23-19-15-11-7-3)56(66-52)49-31-27-45(63-49)46-28-32-50(64-46)57-41(36-53(58)67-57)24-20-16-12-8-4/h25-37H,5-24H2,1-4H3. The quantitative estimate of drug-likeness (QED) is 0.0353. The van der Waals surface area contributed by atoms with E-state index in [2.05, 4.69) is 116 Å². The maximum absolute atomic E-state index is 11.9. The maximum atomic E-state index is 11.9. The normalized spacial score (nSPS) is 11.7. The zero-order valence-corrected chi connectivity index (χ0v) is 47.8. The van der Waals surface area contributed by atoms with Crippen molar-refractivity contribution >= 4 is 113 Å². The minimum absolute atomic E-state index is 0.840. The first kappa shape index (κ1) is 51.1. The van der Waals surface area contributed by atoms with E-state index in [1.165, 1.54) is 197 Å². The molecule has 0 unspecified atom stereocenters. The molecule has 0 spiro atoms. The van der Waals surface area contributed by atoms with E-state index in [0.717, 1.165) is 36.8 Å². The Morgan fingerprint density at radius 1 is 0.343 bits per heavy atom. The summed E-state index contributed by atoms with van der Waals surface area (Å²) in [4.78, 5) is 32.1. The number of aryl methyl sites for hydroxylation is 4. The summed E-state index contributed by atoms with van der Waals surface area (Å²) in [5.74, 6) is 0. The van der Waals surface area contributed by atoms with Crippen LogP contribution in [0.15, 0.2) is 76.6 Å². The average Bonchev–Trinajstić information content (AvgIpc) is 4.19. The summed E-state index contributed by atoms with van der Waals surface area (Å²) >= 11 is 19.2. The molecule has 0 amide bonds. The molecule has 354 valence electrons. The van der Waals surface area contributed by atoms with E-state index in [1.54, 1.807) is 11.3 Å². The molecule has 0 bridgehead atoms. The highest BCUT2D eigenvalue weighted by molar-refractivity contribution is 9.11. The average molecular weight is 1100 g/mol. The molecule has 8 aromatic rings. The van der Waals surface area contributed by atoms with Gasteiger partial charge in [-0.1, -0.05) is 105 Å². The third-order valence-corrected chi connectivity index (χ3v) is 23.4.